The van der Waals surface area contributed by atoms with Crippen LogP contribution in [0.3, 0.4) is 0 Å². The maximum absolute atomic E-state index is 13.0. The molecule has 0 aromatic heterocycles. The van der Waals surface area contributed by atoms with Gasteiger partial charge in [-0.3, -0.25) is 4.79 Å². The number of amides is 1. The predicted octanol–water partition coefficient (Wildman–Crippen LogP) is 2.12. The Morgan fingerprint density at radius 1 is 1.44 bits per heavy atom. The molecule has 1 aromatic rings. The Hall–Kier alpha value is -1.14. The lowest BCUT2D eigenvalue weighted by Crippen LogP contribution is -2.30. The van der Waals surface area contributed by atoms with Gasteiger partial charge in [0.1, 0.15) is 11.6 Å². The van der Waals surface area contributed by atoms with Crippen LogP contribution in [-0.2, 0) is 9.53 Å². The summed E-state index contributed by atoms with van der Waals surface area (Å²) in [4.78, 5) is 11.4. The minimum absolute atomic E-state index is 0.136. The van der Waals surface area contributed by atoms with Gasteiger partial charge in [-0.25, -0.2) is 4.39 Å². The van der Waals surface area contributed by atoms with Crippen molar-refractivity contribution in [2.45, 2.75) is 6.42 Å². The number of hydrogen-bond donors (Lipinski definition) is 1. The summed E-state index contributed by atoms with van der Waals surface area (Å²) in [6.07, 6.45) is 0.744. The molecule has 0 bridgehead atoms. The van der Waals surface area contributed by atoms with Crippen molar-refractivity contribution < 1.29 is 18.7 Å². The molecule has 0 aliphatic heterocycles. The largest absolute Gasteiger partial charge is 0.484 e. The van der Waals surface area contributed by atoms with E-state index in [0.29, 0.717) is 23.4 Å². The monoisotopic (exact) mass is 319 g/mol. The van der Waals surface area contributed by atoms with Gasteiger partial charge in [-0.05, 0) is 18.6 Å². The minimum Gasteiger partial charge on any atom is -0.484 e. The second-order valence-corrected chi connectivity index (χ2v) is 4.51. The molecule has 1 amide bonds. The molecule has 0 fully saturated rings. The standard InChI is InChI=1S/C12H15BrFNO3/c1-17-4-2-3-15-12(16)8-18-11-6-9(13)5-10(14)7-11/h5-7H,2-4,8H2,1H3,(H,15,16). The van der Waals surface area contributed by atoms with Crippen LogP contribution in [0.2, 0.25) is 0 Å². The van der Waals surface area contributed by atoms with E-state index >= 15 is 0 Å². The number of ether oxygens (including phenoxy) is 2. The van der Waals surface area contributed by atoms with Crippen LogP contribution in [0.4, 0.5) is 4.39 Å². The van der Waals surface area contributed by atoms with Crippen LogP contribution in [0.5, 0.6) is 5.75 Å². The maximum atomic E-state index is 13.0. The fourth-order valence-electron chi connectivity index (χ4n) is 1.26. The Morgan fingerprint density at radius 2 is 2.22 bits per heavy atom. The van der Waals surface area contributed by atoms with Gasteiger partial charge >= 0.3 is 0 Å². The van der Waals surface area contributed by atoms with Crippen LogP contribution in [0.25, 0.3) is 0 Å². The first-order valence-corrected chi connectivity index (χ1v) is 6.25. The number of carbonyl (C=O) groups excluding carboxylic acids is 1. The average Bonchev–Trinajstić information content (AvgIpc) is 2.31. The van der Waals surface area contributed by atoms with Crippen molar-refractivity contribution in [3.8, 4) is 5.75 Å². The molecule has 18 heavy (non-hydrogen) atoms. The van der Waals surface area contributed by atoms with Gasteiger partial charge in [0.25, 0.3) is 5.91 Å². The molecule has 6 heteroatoms. The highest BCUT2D eigenvalue weighted by Gasteiger charge is 2.04. The summed E-state index contributed by atoms with van der Waals surface area (Å²) in [6, 6.07) is 4.14. The number of methoxy groups -OCH3 is 1. The summed E-state index contributed by atoms with van der Waals surface area (Å²) in [6.45, 7) is 0.990. The molecule has 0 unspecified atom stereocenters. The summed E-state index contributed by atoms with van der Waals surface area (Å²) in [5.41, 5.74) is 0. The van der Waals surface area contributed by atoms with E-state index in [0.717, 1.165) is 6.42 Å². The van der Waals surface area contributed by atoms with Crippen molar-refractivity contribution in [2.24, 2.45) is 0 Å². The molecule has 1 aromatic carbocycles. The molecule has 0 atom stereocenters. The first-order chi connectivity index (χ1) is 8.61. The van der Waals surface area contributed by atoms with E-state index < -0.39 is 5.82 Å². The summed E-state index contributed by atoms with van der Waals surface area (Å²) < 4.78 is 23.6. The van der Waals surface area contributed by atoms with Gasteiger partial charge in [-0.15, -0.1) is 0 Å². The van der Waals surface area contributed by atoms with Crippen molar-refractivity contribution in [3.05, 3.63) is 28.5 Å². The second-order valence-electron chi connectivity index (χ2n) is 3.59. The molecular weight excluding hydrogens is 305 g/mol. The molecule has 4 nitrogen and oxygen atoms in total. The maximum Gasteiger partial charge on any atom is 0.257 e. The van der Waals surface area contributed by atoms with Crippen LogP contribution in [0.1, 0.15) is 6.42 Å². The van der Waals surface area contributed by atoms with Crippen molar-refractivity contribution in [3.63, 3.8) is 0 Å². The molecular formula is C12H15BrFNO3. The number of halogens is 2. The fraction of sp³-hybridized carbons (Fsp3) is 0.417. The van der Waals surface area contributed by atoms with E-state index in [9.17, 15) is 9.18 Å². The quantitative estimate of drug-likeness (QED) is 0.783. The molecule has 0 aliphatic rings. The smallest absolute Gasteiger partial charge is 0.257 e. The Kier molecular flexibility index (Phi) is 6.67. The van der Waals surface area contributed by atoms with E-state index in [1.165, 1.54) is 12.1 Å². The van der Waals surface area contributed by atoms with Crippen molar-refractivity contribution in [1.29, 1.82) is 0 Å². The van der Waals surface area contributed by atoms with Gasteiger partial charge < -0.3 is 14.8 Å². The molecule has 1 rings (SSSR count). The highest BCUT2D eigenvalue weighted by molar-refractivity contribution is 9.10. The van der Waals surface area contributed by atoms with Gasteiger partial charge in [0.2, 0.25) is 0 Å². The first-order valence-electron chi connectivity index (χ1n) is 5.46. The van der Waals surface area contributed by atoms with Crippen LogP contribution in [-0.4, -0.2) is 32.8 Å². The first kappa shape index (κ1) is 14.9. The Balaban J connectivity index is 2.29. The molecule has 100 valence electrons. The third-order valence-electron chi connectivity index (χ3n) is 2.05. The van der Waals surface area contributed by atoms with Crippen molar-refractivity contribution in [1.82, 2.24) is 5.32 Å². The summed E-state index contributed by atoms with van der Waals surface area (Å²) in [5.74, 6) is -0.347. The summed E-state index contributed by atoms with van der Waals surface area (Å²) >= 11 is 3.14. The topological polar surface area (TPSA) is 47.6 Å². The molecule has 0 radical (unpaired) electrons. The highest BCUT2D eigenvalue weighted by Crippen LogP contribution is 2.20. The van der Waals surface area contributed by atoms with E-state index in [2.05, 4.69) is 21.2 Å². The van der Waals surface area contributed by atoms with Gasteiger partial charge in [0.05, 0.1) is 0 Å². The highest BCUT2D eigenvalue weighted by atomic mass is 79.9. The lowest BCUT2D eigenvalue weighted by Gasteiger charge is -2.07. The van der Waals surface area contributed by atoms with Crippen LogP contribution >= 0.6 is 15.9 Å². The van der Waals surface area contributed by atoms with Gasteiger partial charge in [0.15, 0.2) is 6.61 Å². The minimum atomic E-state index is -0.417. The van der Waals surface area contributed by atoms with Crippen LogP contribution < -0.4 is 10.1 Å². The lowest BCUT2D eigenvalue weighted by atomic mass is 10.3. The van der Waals surface area contributed by atoms with E-state index in [4.69, 9.17) is 9.47 Å². The third kappa shape index (κ3) is 5.97. The van der Waals surface area contributed by atoms with E-state index in [-0.39, 0.29) is 12.5 Å². The zero-order valence-corrected chi connectivity index (χ0v) is 11.6. The van der Waals surface area contributed by atoms with Gasteiger partial charge in [0, 0.05) is 30.8 Å². The number of hydrogen-bond acceptors (Lipinski definition) is 3. The number of benzene rings is 1. The van der Waals surface area contributed by atoms with Crippen LogP contribution in [0, 0.1) is 5.82 Å². The van der Waals surface area contributed by atoms with Crippen molar-refractivity contribution in [2.75, 3.05) is 26.9 Å². The fourth-order valence-corrected chi connectivity index (χ4v) is 1.70. The Bertz CT molecular complexity index is 381. The van der Waals surface area contributed by atoms with Gasteiger partial charge in [-0.1, -0.05) is 15.9 Å². The molecule has 0 spiro atoms. The number of nitrogens with one attached hydrogen (secondary N) is 1. The van der Waals surface area contributed by atoms with Crippen molar-refractivity contribution >= 4 is 21.8 Å². The lowest BCUT2D eigenvalue weighted by molar-refractivity contribution is -0.123. The summed E-state index contributed by atoms with van der Waals surface area (Å²) in [7, 11) is 1.60. The van der Waals surface area contributed by atoms with E-state index in [1.54, 1.807) is 13.2 Å². The van der Waals surface area contributed by atoms with Crippen LogP contribution in [0.15, 0.2) is 22.7 Å². The zero-order valence-electron chi connectivity index (χ0n) is 10.0. The molecule has 1 N–H and O–H groups in total. The second kappa shape index (κ2) is 8.05. The molecule has 0 heterocycles. The molecule has 0 aliphatic carbocycles. The number of carbonyl (C=O) groups is 1. The predicted molar refractivity (Wildman–Crippen MR) is 69.1 cm³/mol. The third-order valence-corrected chi connectivity index (χ3v) is 2.51. The summed E-state index contributed by atoms with van der Waals surface area (Å²) in [5, 5.41) is 2.67. The Morgan fingerprint density at radius 3 is 2.89 bits per heavy atom. The Labute approximate surface area is 114 Å². The normalized spacial score (nSPS) is 10.2. The average molecular weight is 320 g/mol. The molecule has 0 saturated heterocycles. The number of rotatable bonds is 7. The van der Waals surface area contributed by atoms with Gasteiger partial charge in [-0.2, -0.15) is 0 Å². The SMILES string of the molecule is COCCCNC(=O)COc1cc(F)cc(Br)c1. The molecule has 0 saturated carbocycles. The zero-order chi connectivity index (χ0) is 13.4. The van der Waals surface area contributed by atoms with E-state index in [1.807, 2.05) is 0 Å².